The van der Waals surface area contributed by atoms with Crippen LogP contribution in [0, 0.1) is 0 Å². The highest BCUT2D eigenvalue weighted by molar-refractivity contribution is 7.89. The largest absolute Gasteiger partial charge is 0.502 e. The molecule has 0 saturated heterocycles. The van der Waals surface area contributed by atoms with Crippen molar-refractivity contribution in [2.45, 2.75) is 4.90 Å². The predicted octanol–water partition coefficient (Wildman–Crippen LogP) is 1.19. The van der Waals surface area contributed by atoms with Gasteiger partial charge in [-0.15, -0.1) is 0 Å². The summed E-state index contributed by atoms with van der Waals surface area (Å²) in [5, 5.41) is 15.2. The minimum absolute atomic E-state index is 0.101. The van der Waals surface area contributed by atoms with Gasteiger partial charge in [0.15, 0.2) is 5.76 Å². The molecule has 2 amide bonds. The van der Waals surface area contributed by atoms with E-state index in [1.165, 1.54) is 31.4 Å². The number of imide groups is 1. The maximum absolute atomic E-state index is 12.8. The molecule has 0 spiro atoms. The Balaban J connectivity index is 2.04. The molecule has 0 fully saturated rings. The van der Waals surface area contributed by atoms with Crippen LogP contribution in [0.15, 0.2) is 59.2 Å². The van der Waals surface area contributed by atoms with Crippen molar-refractivity contribution in [1.82, 2.24) is 0 Å². The van der Waals surface area contributed by atoms with Crippen LogP contribution in [0.3, 0.4) is 0 Å². The van der Waals surface area contributed by atoms with E-state index in [9.17, 15) is 23.1 Å². The second-order valence-electron chi connectivity index (χ2n) is 5.41. The molecule has 26 heavy (non-hydrogen) atoms. The Hall–Kier alpha value is -3.17. The molecular weight excluding hydrogens is 360 g/mol. The summed E-state index contributed by atoms with van der Waals surface area (Å²) in [5.41, 5.74) is 0.182. The molecule has 0 atom stereocenters. The van der Waals surface area contributed by atoms with Crippen LogP contribution in [0.4, 0.5) is 5.69 Å². The second kappa shape index (κ2) is 6.28. The Morgan fingerprint density at radius 3 is 2.19 bits per heavy atom. The van der Waals surface area contributed by atoms with Gasteiger partial charge in [0.2, 0.25) is 10.0 Å². The number of rotatable bonds is 4. The Morgan fingerprint density at radius 2 is 1.62 bits per heavy atom. The number of aliphatic hydroxyl groups excluding tert-OH is 1. The average Bonchev–Trinajstić information content (AvgIpc) is 2.83. The molecule has 0 saturated carbocycles. The molecule has 0 aromatic heterocycles. The van der Waals surface area contributed by atoms with Crippen molar-refractivity contribution in [2.24, 2.45) is 5.14 Å². The fourth-order valence-corrected chi connectivity index (χ4v) is 3.15. The van der Waals surface area contributed by atoms with Gasteiger partial charge in [0.1, 0.15) is 5.75 Å². The van der Waals surface area contributed by atoms with Crippen molar-refractivity contribution in [3.8, 4) is 5.75 Å². The number of ether oxygens (including phenoxy) is 1. The van der Waals surface area contributed by atoms with Crippen molar-refractivity contribution in [1.29, 1.82) is 0 Å². The first-order valence-electron chi connectivity index (χ1n) is 7.34. The summed E-state index contributed by atoms with van der Waals surface area (Å²) in [7, 11) is -2.50. The van der Waals surface area contributed by atoms with E-state index in [2.05, 4.69) is 0 Å². The summed E-state index contributed by atoms with van der Waals surface area (Å²) in [4.78, 5) is 25.8. The standard InChI is InChI=1S/C17H14N2O6S/c1-25-13-5-3-2-4-12(13)14-15(20)17(22)19(16(14)21)10-6-8-11(9-7-10)26(18,23)24/h2-9,20H,1H3,(H2,18,23,24). The van der Waals surface area contributed by atoms with Gasteiger partial charge in [-0.2, -0.15) is 0 Å². The summed E-state index contributed by atoms with van der Waals surface area (Å²) in [6.45, 7) is 0. The molecular formula is C17H14N2O6S. The molecule has 2 aromatic carbocycles. The number of aliphatic hydroxyl groups is 1. The van der Waals surface area contributed by atoms with Crippen molar-refractivity contribution in [3.05, 3.63) is 59.9 Å². The zero-order valence-corrected chi connectivity index (χ0v) is 14.4. The van der Waals surface area contributed by atoms with E-state index in [0.29, 0.717) is 5.75 Å². The van der Waals surface area contributed by atoms with Gasteiger partial charge in [0, 0.05) is 5.56 Å². The lowest BCUT2D eigenvalue weighted by Gasteiger charge is -2.15. The SMILES string of the molecule is COc1ccccc1C1=C(O)C(=O)N(c2ccc(S(N)(=O)=O)cc2)C1=O. The number of hydrogen-bond donors (Lipinski definition) is 2. The molecule has 0 aliphatic carbocycles. The lowest BCUT2D eigenvalue weighted by atomic mass is 10.0. The summed E-state index contributed by atoms with van der Waals surface area (Å²) in [6, 6.07) is 11.3. The van der Waals surface area contributed by atoms with Gasteiger partial charge in [-0.1, -0.05) is 18.2 Å². The molecule has 8 nitrogen and oxygen atoms in total. The molecule has 0 unspecified atom stereocenters. The average molecular weight is 374 g/mol. The van der Waals surface area contributed by atoms with Crippen molar-refractivity contribution in [3.63, 3.8) is 0 Å². The summed E-state index contributed by atoms with van der Waals surface area (Å²) >= 11 is 0. The van der Waals surface area contributed by atoms with E-state index in [1.807, 2.05) is 0 Å². The van der Waals surface area contributed by atoms with Gasteiger partial charge in [-0.3, -0.25) is 9.59 Å². The quantitative estimate of drug-likeness (QED) is 0.774. The van der Waals surface area contributed by atoms with E-state index in [4.69, 9.17) is 9.88 Å². The van der Waals surface area contributed by atoms with Crippen LogP contribution in [-0.2, 0) is 19.6 Å². The number of nitrogens with two attached hydrogens (primary N) is 1. The van der Waals surface area contributed by atoms with Crippen molar-refractivity contribution >= 4 is 33.1 Å². The topological polar surface area (TPSA) is 127 Å². The molecule has 3 N–H and O–H groups in total. The highest BCUT2D eigenvalue weighted by Gasteiger charge is 2.41. The number of carbonyl (C=O) groups is 2. The molecule has 1 aliphatic rings. The Kier molecular flexibility index (Phi) is 4.26. The van der Waals surface area contributed by atoms with Gasteiger partial charge in [-0.25, -0.2) is 18.5 Å². The van der Waals surface area contributed by atoms with Gasteiger partial charge >= 0.3 is 5.91 Å². The van der Waals surface area contributed by atoms with Crippen LogP contribution in [0.25, 0.3) is 5.57 Å². The number of carbonyl (C=O) groups excluding carboxylic acids is 2. The van der Waals surface area contributed by atoms with Gasteiger partial charge in [0.25, 0.3) is 5.91 Å². The number of para-hydroxylation sites is 1. The van der Waals surface area contributed by atoms with E-state index in [-0.39, 0.29) is 21.7 Å². The first-order chi connectivity index (χ1) is 12.3. The third kappa shape index (κ3) is 2.83. The smallest absolute Gasteiger partial charge is 0.301 e. The predicted molar refractivity (Wildman–Crippen MR) is 92.9 cm³/mol. The van der Waals surface area contributed by atoms with E-state index < -0.39 is 27.6 Å². The molecule has 9 heteroatoms. The number of anilines is 1. The molecule has 134 valence electrons. The summed E-state index contributed by atoms with van der Waals surface area (Å²) in [6.07, 6.45) is 0. The monoisotopic (exact) mass is 374 g/mol. The Bertz CT molecular complexity index is 1040. The fourth-order valence-electron chi connectivity index (χ4n) is 2.63. The number of primary sulfonamides is 1. The fraction of sp³-hybridized carbons (Fsp3) is 0.0588. The van der Waals surface area contributed by atoms with Gasteiger partial charge < -0.3 is 9.84 Å². The highest BCUT2D eigenvalue weighted by Crippen LogP contribution is 2.36. The Morgan fingerprint density at radius 1 is 1.00 bits per heavy atom. The third-order valence-electron chi connectivity index (χ3n) is 3.86. The zero-order valence-electron chi connectivity index (χ0n) is 13.5. The number of sulfonamides is 1. The normalized spacial score (nSPS) is 14.9. The van der Waals surface area contributed by atoms with Crippen LogP contribution in [0.5, 0.6) is 5.75 Å². The van der Waals surface area contributed by atoms with E-state index >= 15 is 0 Å². The summed E-state index contributed by atoms with van der Waals surface area (Å²) in [5.74, 6) is -2.06. The maximum atomic E-state index is 12.8. The lowest BCUT2D eigenvalue weighted by Crippen LogP contribution is -2.31. The minimum Gasteiger partial charge on any atom is -0.502 e. The van der Waals surface area contributed by atoms with Crippen LogP contribution >= 0.6 is 0 Å². The first kappa shape index (κ1) is 17.6. The molecule has 3 rings (SSSR count). The number of hydrogen-bond acceptors (Lipinski definition) is 6. The van der Waals surface area contributed by atoms with Gasteiger partial charge in [-0.05, 0) is 30.3 Å². The van der Waals surface area contributed by atoms with Crippen LogP contribution in [-0.4, -0.2) is 32.4 Å². The molecule has 0 bridgehead atoms. The number of amides is 2. The number of benzene rings is 2. The van der Waals surface area contributed by atoms with Crippen LogP contribution in [0.1, 0.15) is 5.56 Å². The molecule has 1 heterocycles. The second-order valence-corrected chi connectivity index (χ2v) is 6.97. The van der Waals surface area contributed by atoms with E-state index in [1.54, 1.807) is 24.3 Å². The Labute approximate surface area is 149 Å². The highest BCUT2D eigenvalue weighted by atomic mass is 32.2. The molecule has 2 aromatic rings. The summed E-state index contributed by atoms with van der Waals surface area (Å²) < 4.78 is 27.8. The molecule has 1 aliphatic heterocycles. The number of methoxy groups -OCH3 is 1. The van der Waals surface area contributed by atoms with E-state index in [0.717, 1.165) is 4.90 Å². The minimum atomic E-state index is -3.91. The molecule has 0 radical (unpaired) electrons. The zero-order chi connectivity index (χ0) is 19.1. The third-order valence-corrected chi connectivity index (χ3v) is 4.79. The maximum Gasteiger partial charge on any atom is 0.301 e. The number of nitrogens with zero attached hydrogens (tertiary/aromatic N) is 1. The van der Waals surface area contributed by atoms with Crippen LogP contribution in [0.2, 0.25) is 0 Å². The lowest BCUT2D eigenvalue weighted by molar-refractivity contribution is -0.121. The van der Waals surface area contributed by atoms with Crippen molar-refractivity contribution in [2.75, 3.05) is 12.0 Å². The van der Waals surface area contributed by atoms with Crippen LogP contribution < -0.4 is 14.8 Å². The first-order valence-corrected chi connectivity index (χ1v) is 8.88. The van der Waals surface area contributed by atoms with Crippen molar-refractivity contribution < 1.29 is 27.9 Å². The van der Waals surface area contributed by atoms with Gasteiger partial charge in [0.05, 0.1) is 23.3 Å².